The molecule has 1 fully saturated rings. The zero-order valence-corrected chi connectivity index (χ0v) is 8.54. The molecule has 3 heteroatoms. The van der Waals surface area contributed by atoms with Crippen LogP contribution >= 0.6 is 0 Å². The molecule has 0 aromatic rings. The first-order valence-corrected chi connectivity index (χ1v) is 4.75. The highest BCUT2D eigenvalue weighted by Gasteiger charge is 2.38. The fraction of sp³-hybridized carbons (Fsp3) is 0.900. The van der Waals surface area contributed by atoms with Crippen molar-refractivity contribution < 1.29 is 14.6 Å². The van der Waals surface area contributed by atoms with E-state index < -0.39 is 0 Å². The standard InChI is InChI=1S/C10H18O3/c1-10(2,3)13-9(12)5-7-4-8(7)6-11/h7-8,11H,4-6H2,1-3H3. The highest BCUT2D eigenvalue weighted by atomic mass is 16.6. The van der Waals surface area contributed by atoms with E-state index in [2.05, 4.69) is 0 Å². The number of carbonyl (C=O) groups is 1. The van der Waals surface area contributed by atoms with Crippen molar-refractivity contribution in [3.63, 3.8) is 0 Å². The third-order valence-corrected chi connectivity index (χ3v) is 2.15. The predicted molar refractivity (Wildman–Crippen MR) is 49.1 cm³/mol. The number of rotatable bonds is 3. The Bertz CT molecular complexity index is 193. The Morgan fingerprint density at radius 3 is 2.46 bits per heavy atom. The Hall–Kier alpha value is -0.570. The maximum atomic E-state index is 11.3. The zero-order chi connectivity index (χ0) is 10.1. The smallest absolute Gasteiger partial charge is 0.306 e. The Kier molecular flexibility index (Phi) is 2.96. The average molecular weight is 186 g/mol. The van der Waals surface area contributed by atoms with E-state index in [9.17, 15) is 4.79 Å². The summed E-state index contributed by atoms with van der Waals surface area (Å²) >= 11 is 0. The molecule has 1 aliphatic rings. The van der Waals surface area contributed by atoms with Crippen LogP contribution in [0.15, 0.2) is 0 Å². The van der Waals surface area contributed by atoms with Gasteiger partial charge in [0.25, 0.3) is 0 Å². The van der Waals surface area contributed by atoms with Gasteiger partial charge >= 0.3 is 5.97 Å². The molecule has 13 heavy (non-hydrogen) atoms. The van der Waals surface area contributed by atoms with E-state index in [4.69, 9.17) is 9.84 Å². The molecule has 0 heterocycles. The molecule has 2 unspecified atom stereocenters. The number of aliphatic hydroxyl groups excluding tert-OH is 1. The maximum Gasteiger partial charge on any atom is 0.306 e. The van der Waals surface area contributed by atoms with Crippen molar-refractivity contribution in [3.8, 4) is 0 Å². The van der Waals surface area contributed by atoms with Crippen LogP contribution in [0.1, 0.15) is 33.6 Å². The number of esters is 1. The molecule has 3 nitrogen and oxygen atoms in total. The first-order chi connectivity index (χ1) is 5.92. The first-order valence-electron chi connectivity index (χ1n) is 4.75. The third-order valence-electron chi connectivity index (χ3n) is 2.15. The SMILES string of the molecule is CC(C)(C)OC(=O)CC1CC1CO. The van der Waals surface area contributed by atoms with Gasteiger partial charge in [-0.15, -0.1) is 0 Å². The molecule has 2 atom stereocenters. The van der Waals surface area contributed by atoms with Crippen molar-refractivity contribution >= 4 is 5.97 Å². The molecule has 0 spiro atoms. The van der Waals surface area contributed by atoms with Gasteiger partial charge in [-0.1, -0.05) is 0 Å². The second kappa shape index (κ2) is 3.66. The van der Waals surface area contributed by atoms with Crippen molar-refractivity contribution in [2.45, 2.75) is 39.2 Å². The first kappa shape index (κ1) is 10.5. The highest BCUT2D eigenvalue weighted by Crippen LogP contribution is 2.40. The van der Waals surface area contributed by atoms with Gasteiger partial charge in [0, 0.05) is 13.0 Å². The van der Waals surface area contributed by atoms with Gasteiger partial charge in [0.05, 0.1) is 0 Å². The Labute approximate surface area is 79.1 Å². The van der Waals surface area contributed by atoms with Crippen molar-refractivity contribution in [2.75, 3.05) is 6.61 Å². The fourth-order valence-corrected chi connectivity index (χ4v) is 1.38. The van der Waals surface area contributed by atoms with E-state index in [1.54, 1.807) is 0 Å². The molecular weight excluding hydrogens is 168 g/mol. The topological polar surface area (TPSA) is 46.5 Å². The van der Waals surface area contributed by atoms with Crippen LogP contribution in [-0.4, -0.2) is 23.3 Å². The quantitative estimate of drug-likeness (QED) is 0.677. The van der Waals surface area contributed by atoms with Gasteiger partial charge in [-0.05, 0) is 39.0 Å². The molecule has 0 aromatic heterocycles. The molecule has 0 bridgehead atoms. The second-order valence-corrected chi connectivity index (χ2v) is 4.73. The van der Waals surface area contributed by atoms with Crippen molar-refractivity contribution in [3.05, 3.63) is 0 Å². The summed E-state index contributed by atoms with van der Waals surface area (Å²) in [6.07, 6.45) is 1.43. The summed E-state index contributed by atoms with van der Waals surface area (Å²) in [5.74, 6) is 0.556. The summed E-state index contributed by atoms with van der Waals surface area (Å²) in [4.78, 5) is 11.3. The van der Waals surface area contributed by atoms with Crippen molar-refractivity contribution in [1.29, 1.82) is 0 Å². The fourth-order valence-electron chi connectivity index (χ4n) is 1.38. The molecule has 1 saturated carbocycles. The monoisotopic (exact) mass is 186 g/mol. The summed E-state index contributed by atoms with van der Waals surface area (Å²) in [5, 5.41) is 8.77. The van der Waals surface area contributed by atoms with Crippen LogP contribution in [0, 0.1) is 11.8 Å². The van der Waals surface area contributed by atoms with Gasteiger partial charge in [0.2, 0.25) is 0 Å². The summed E-state index contributed by atoms with van der Waals surface area (Å²) in [6.45, 7) is 5.79. The summed E-state index contributed by atoms with van der Waals surface area (Å²) in [6, 6.07) is 0. The number of ether oxygens (including phenoxy) is 1. The molecule has 0 saturated heterocycles. The minimum absolute atomic E-state index is 0.145. The number of hydrogen-bond donors (Lipinski definition) is 1. The van der Waals surface area contributed by atoms with E-state index in [-0.39, 0.29) is 18.2 Å². The molecule has 0 amide bonds. The normalized spacial score (nSPS) is 27.1. The largest absolute Gasteiger partial charge is 0.460 e. The van der Waals surface area contributed by atoms with E-state index in [0.29, 0.717) is 18.3 Å². The van der Waals surface area contributed by atoms with Crippen LogP contribution in [0.4, 0.5) is 0 Å². The van der Waals surface area contributed by atoms with E-state index in [1.165, 1.54) is 0 Å². The van der Waals surface area contributed by atoms with E-state index in [0.717, 1.165) is 6.42 Å². The molecular formula is C10H18O3. The average Bonchev–Trinajstić information content (AvgIpc) is 2.62. The second-order valence-electron chi connectivity index (χ2n) is 4.73. The van der Waals surface area contributed by atoms with Gasteiger partial charge < -0.3 is 9.84 Å². The van der Waals surface area contributed by atoms with E-state index in [1.807, 2.05) is 20.8 Å². The third kappa shape index (κ3) is 3.77. The number of carbonyl (C=O) groups excluding carboxylic acids is 1. The summed E-state index contributed by atoms with van der Waals surface area (Å²) in [7, 11) is 0. The molecule has 1 rings (SSSR count). The maximum absolute atomic E-state index is 11.3. The lowest BCUT2D eigenvalue weighted by Crippen LogP contribution is -2.24. The number of hydrogen-bond acceptors (Lipinski definition) is 3. The Morgan fingerprint density at radius 2 is 2.08 bits per heavy atom. The lowest BCUT2D eigenvalue weighted by molar-refractivity contribution is -0.155. The van der Waals surface area contributed by atoms with E-state index >= 15 is 0 Å². The molecule has 1 N–H and O–H groups in total. The Balaban J connectivity index is 2.20. The van der Waals surface area contributed by atoms with Crippen LogP contribution in [0.2, 0.25) is 0 Å². The predicted octanol–water partition coefficient (Wildman–Crippen LogP) is 1.35. The van der Waals surface area contributed by atoms with Crippen molar-refractivity contribution in [2.24, 2.45) is 11.8 Å². The molecule has 0 aliphatic heterocycles. The minimum atomic E-state index is -0.388. The minimum Gasteiger partial charge on any atom is -0.460 e. The van der Waals surface area contributed by atoms with Crippen LogP contribution in [0.25, 0.3) is 0 Å². The lowest BCUT2D eigenvalue weighted by atomic mass is 10.2. The zero-order valence-electron chi connectivity index (χ0n) is 8.54. The van der Waals surface area contributed by atoms with Crippen LogP contribution in [-0.2, 0) is 9.53 Å². The Morgan fingerprint density at radius 1 is 1.46 bits per heavy atom. The van der Waals surface area contributed by atoms with Crippen molar-refractivity contribution in [1.82, 2.24) is 0 Å². The summed E-state index contributed by atoms with van der Waals surface area (Å²) < 4.78 is 5.16. The van der Waals surface area contributed by atoms with Crippen LogP contribution < -0.4 is 0 Å². The molecule has 76 valence electrons. The molecule has 0 aromatic carbocycles. The molecule has 1 aliphatic carbocycles. The lowest BCUT2D eigenvalue weighted by Gasteiger charge is -2.19. The molecule has 0 radical (unpaired) electrons. The van der Waals surface area contributed by atoms with Gasteiger partial charge in [0.1, 0.15) is 5.60 Å². The van der Waals surface area contributed by atoms with Crippen LogP contribution in [0.5, 0.6) is 0 Å². The summed E-state index contributed by atoms with van der Waals surface area (Å²) in [5.41, 5.74) is -0.388. The van der Waals surface area contributed by atoms with Gasteiger partial charge in [-0.25, -0.2) is 0 Å². The van der Waals surface area contributed by atoms with Gasteiger partial charge in [-0.2, -0.15) is 0 Å². The van der Waals surface area contributed by atoms with Crippen LogP contribution in [0.3, 0.4) is 0 Å². The van der Waals surface area contributed by atoms with Gasteiger partial charge in [-0.3, -0.25) is 4.79 Å². The van der Waals surface area contributed by atoms with Gasteiger partial charge in [0.15, 0.2) is 0 Å². The highest BCUT2D eigenvalue weighted by molar-refractivity contribution is 5.70. The number of aliphatic hydroxyl groups is 1.